The van der Waals surface area contributed by atoms with E-state index in [-0.39, 0.29) is 217 Å². The summed E-state index contributed by atoms with van der Waals surface area (Å²) in [5.74, 6) is 0.723. The van der Waals surface area contributed by atoms with E-state index in [4.69, 9.17) is 24.6 Å². The normalized spacial score (nSPS) is 17.5. The SMILES string of the molecule is CC(C)(C)OC(=O)N1C[C@@H](CCCO)[C@H](NS(=O)(=O)c2ccc([N+](=O)[O-])cc2)C1.CC(C)CCBr.CC(C)CCN([C@@H]1CN(C(=O)OC(C)(C)C)C[C@H]1CCCO)S(=O)(=O)c1ccc([N+](=O)[O-])cc1.O=CO[O-].[Cs+].[Cs+].[H-]. The number of nitrogens with zero attached hydrogens (tertiary/aromatic N) is 5. The Labute approximate surface area is 570 Å². The Morgan fingerprint density at radius 2 is 1.16 bits per heavy atom. The first-order valence-corrected chi connectivity index (χ1v) is 27.9. The standard InChI is InChI=1S/C23H37N3O7S.C18H27N3O7S.C5H11Br.CH2O3.2Cs.H/c1-17(2)12-13-25(34(31,32)20-10-8-19(9-11-20)26(29)30)21-16-24(15-18(21)7-6-14-27)22(28)33-23(3,4)5;1-18(2,3)28-17(23)20-11-13(5-4-10-22)16(12-20)19-29(26,27)15-8-6-14(7-9-15)21(24)25;1-5(2)3-4-6;2-1-4-3;;;/h8-11,17-18,21,27H,6-7,12-16H2,1-5H3;6-9,13,16,19,22H,4-5,10-12H2,1-3H3;5H,3-4H2,1-2H3;1,3H;;;/q;;;;2*+1;-1/p-1/t18-,21-;13-,16-;;;;;/m11...../s1. The molecule has 23 nitrogen and oxygen atoms in total. The summed E-state index contributed by atoms with van der Waals surface area (Å²) in [5.41, 5.74) is -1.75. The molecule has 4 atom stereocenters. The third-order valence-corrected chi connectivity index (χ3v) is 14.9. The van der Waals surface area contributed by atoms with E-state index in [2.05, 4.69) is 39.4 Å². The molecule has 2 aromatic rings. The molecule has 75 heavy (non-hydrogen) atoms. The maximum Gasteiger partial charge on any atom is 1.00 e. The number of sulfonamides is 2. The molecule has 28 heteroatoms. The van der Waals surface area contributed by atoms with Gasteiger partial charge in [0.05, 0.1) is 19.6 Å². The molecular weight excluding hydrogens is 1330 g/mol. The molecule has 2 amide bonds. The quantitative estimate of drug-likeness (QED) is 0.0534. The molecule has 4 rings (SSSR count). The van der Waals surface area contributed by atoms with Crippen LogP contribution in [-0.4, -0.2) is 144 Å². The number of ether oxygens (including phenoxy) is 2. The Morgan fingerprint density at radius 3 is 1.52 bits per heavy atom. The molecule has 0 radical (unpaired) electrons. The van der Waals surface area contributed by atoms with Gasteiger partial charge < -0.3 is 41.1 Å². The van der Waals surface area contributed by atoms with Crippen LogP contribution in [0.4, 0.5) is 21.0 Å². The number of alkyl halides is 1. The Morgan fingerprint density at radius 1 is 0.760 bits per heavy atom. The molecular formula is C47H77BrCs2N6O17S2. The predicted octanol–water partition coefficient (Wildman–Crippen LogP) is 0.503. The minimum Gasteiger partial charge on any atom is -1.00 e. The fraction of sp³-hybridized carbons (Fsp3) is 0.681. The number of aliphatic hydroxyl groups is 2. The monoisotopic (exact) mass is 1410 g/mol. The summed E-state index contributed by atoms with van der Waals surface area (Å²) in [6, 6.07) is 8.38. The Balaban J connectivity index is -0.00000116. The van der Waals surface area contributed by atoms with Crippen molar-refractivity contribution in [1.29, 1.82) is 0 Å². The summed E-state index contributed by atoms with van der Waals surface area (Å²) in [5, 5.41) is 49.8. The van der Waals surface area contributed by atoms with Gasteiger partial charge in [-0.25, -0.2) is 31.1 Å². The summed E-state index contributed by atoms with van der Waals surface area (Å²) in [4.78, 5) is 59.8. The van der Waals surface area contributed by atoms with Gasteiger partial charge in [0.15, 0.2) is 0 Å². The van der Waals surface area contributed by atoms with Crippen molar-refractivity contribution in [1.82, 2.24) is 18.8 Å². The van der Waals surface area contributed by atoms with Crippen molar-refractivity contribution in [2.24, 2.45) is 23.7 Å². The van der Waals surface area contributed by atoms with E-state index in [1.807, 2.05) is 13.8 Å². The summed E-state index contributed by atoms with van der Waals surface area (Å²) in [6.07, 6.45) is 2.92. The van der Waals surface area contributed by atoms with Gasteiger partial charge in [-0.05, 0) is 128 Å². The molecule has 0 aromatic heterocycles. The second-order valence-corrected chi connectivity index (χ2v) is 24.6. The Hall–Kier alpha value is -0.466. The van der Waals surface area contributed by atoms with Crippen LogP contribution in [0.25, 0.3) is 0 Å². The third kappa shape index (κ3) is 29.2. The van der Waals surface area contributed by atoms with Gasteiger partial charge in [-0.1, -0.05) is 43.6 Å². The van der Waals surface area contributed by atoms with E-state index < -0.39 is 65.4 Å². The number of nitro benzene ring substituents is 2. The molecule has 0 aliphatic carbocycles. The van der Waals surface area contributed by atoms with Crippen LogP contribution in [0.1, 0.15) is 109 Å². The molecule has 0 unspecified atom stereocenters. The number of nitrogens with one attached hydrogen (secondary N) is 1. The molecule has 3 N–H and O–H groups in total. The molecule has 0 bridgehead atoms. The average molecular weight is 1410 g/mol. The van der Waals surface area contributed by atoms with Crippen molar-refractivity contribution in [2.75, 3.05) is 51.3 Å². The van der Waals surface area contributed by atoms with E-state index in [9.17, 15) is 51.8 Å². The van der Waals surface area contributed by atoms with Gasteiger partial charge in [0.2, 0.25) is 20.0 Å². The zero-order valence-corrected chi connectivity index (χ0v) is 61.3. The van der Waals surface area contributed by atoms with Crippen LogP contribution in [0.3, 0.4) is 0 Å². The summed E-state index contributed by atoms with van der Waals surface area (Å²) in [6.45, 7) is 20.0. The van der Waals surface area contributed by atoms with Crippen LogP contribution in [-0.2, 0) is 39.2 Å². The molecule has 0 spiro atoms. The number of halogens is 1. The smallest absolute Gasteiger partial charge is 1.00 e. The molecule has 2 heterocycles. The van der Waals surface area contributed by atoms with E-state index in [0.29, 0.717) is 45.2 Å². The number of rotatable bonds is 20. The number of amides is 2. The van der Waals surface area contributed by atoms with Gasteiger partial charge in [0.25, 0.3) is 17.8 Å². The molecule has 2 aliphatic heterocycles. The minimum absolute atomic E-state index is 0. The summed E-state index contributed by atoms with van der Waals surface area (Å²) < 4.78 is 67.8. The third-order valence-electron chi connectivity index (χ3n) is 11.0. The van der Waals surface area contributed by atoms with E-state index >= 15 is 0 Å². The fourth-order valence-electron chi connectivity index (χ4n) is 7.38. The van der Waals surface area contributed by atoms with Crippen molar-refractivity contribution in [3.8, 4) is 0 Å². The summed E-state index contributed by atoms with van der Waals surface area (Å²) >= 11 is 3.35. The fourth-order valence-corrected chi connectivity index (χ4v) is 11.3. The van der Waals surface area contributed by atoms with Gasteiger partial charge in [-0.2, -0.15) is 4.31 Å². The van der Waals surface area contributed by atoms with E-state index in [1.165, 1.54) is 56.9 Å². The zero-order chi connectivity index (χ0) is 55.9. The first-order chi connectivity index (χ1) is 33.9. The zero-order valence-electron chi connectivity index (χ0n) is 46.5. The van der Waals surface area contributed by atoms with E-state index in [1.54, 1.807) is 41.5 Å². The first kappa shape index (κ1) is 76.6. The van der Waals surface area contributed by atoms with Gasteiger partial charge >= 0.3 is 150 Å². The van der Waals surface area contributed by atoms with Crippen LogP contribution in [0, 0.1) is 43.9 Å². The van der Waals surface area contributed by atoms with Crippen LogP contribution in [0.2, 0.25) is 0 Å². The second kappa shape index (κ2) is 37.5. The number of hydrogen-bond acceptors (Lipinski definition) is 17. The van der Waals surface area contributed by atoms with Crippen molar-refractivity contribution in [3.63, 3.8) is 0 Å². The van der Waals surface area contributed by atoms with Crippen molar-refractivity contribution in [2.45, 2.75) is 141 Å². The first-order valence-electron chi connectivity index (χ1n) is 23.9. The van der Waals surface area contributed by atoms with Gasteiger partial charge in [-0.3, -0.25) is 25.0 Å². The molecule has 0 saturated carbocycles. The number of carbonyl (C=O) groups excluding carboxylic acids is 3. The number of carbonyl (C=O) groups is 3. The predicted molar refractivity (Wildman–Crippen MR) is 274 cm³/mol. The minimum atomic E-state index is -4.00. The van der Waals surface area contributed by atoms with E-state index in [0.717, 1.165) is 23.4 Å². The number of hydrogen-bond donors (Lipinski definition) is 3. The van der Waals surface area contributed by atoms with Crippen molar-refractivity contribution in [3.05, 3.63) is 68.8 Å². The number of aliphatic hydroxyl groups excluding tert-OH is 2. The molecule has 2 saturated heterocycles. The number of non-ortho nitro benzene ring substituents is 2. The van der Waals surface area contributed by atoms with Crippen molar-refractivity contribution < 1.29 is 210 Å². The summed E-state index contributed by atoms with van der Waals surface area (Å²) in [7, 11) is -7.94. The van der Waals surface area contributed by atoms with Crippen LogP contribution in [0.15, 0.2) is 58.3 Å². The second-order valence-electron chi connectivity index (χ2n) is 20.2. The molecule has 2 fully saturated rings. The molecule has 2 aliphatic rings. The van der Waals surface area contributed by atoms with Crippen molar-refractivity contribution >= 4 is 66.0 Å². The van der Waals surface area contributed by atoms with Crippen LogP contribution < -0.4 is 148 Å². The van der Waals surface area contributed by atoms with Crippen LogP contribution in [0.5, 0.6) is 0 Å². The van der Waals surface area contributed by atoms with Crippen LogP contribution >= 0.6 is 15.9 Å². The molecule has 2 aromatic carbocycles. The maximum atomic E-state index is 13.7. The number of likely N-dealkylation sites (tertiary alicyclic amines) is 2. The topological polar surface area (TPSA) is 319 Å². The van der Waals surface area contributed by atoms with Gasteiger partial charge in [0, 0.05) is 87.6 Å². The average Bonchev–Trinajstić information content (AvgIpc) is 3.90. The molecule has 418 valence electrons. The van der Waals surface area contributed by atoms with Gasteiger partial charge in [0.1, 0.15) is 11.2 Å². The number of nitro groups is 2. The maximum absolute atomic E-state index is 13.7. The largest absolute Gasteiger partial charge is 1.00 e. The Bertz CT molecular complexity index is 2260. The van der Waals surface area contributed by atoms with Gasteiger partial charge in [-0.15, -0.1) is 0 Å². The Kier molecular flexibility index (Phi) is 38.3. The number of benzene rings is 2.